The minimum absolute atomic E-state index is 0.0163. The molecular formula is C16H13N3O5. The maximum Gasteiger partial charge on any atom is 0.349 e. The molecule has 2 fully saturated rings. The molecule has 8 heteroatoms. The third kappa shape index (κ3) is 2.15. The van der Waals surface area contributed by atoms with E-state index in [2.05, 4.69) is 5.32 Å². The number of rotatable bonds is 2. The van der Waals surface area contributed by atoms with Crippen LogP contribution in [0.15, 0.2) is 39.5 Å². The van der Waals surface area contributed by atoms with Crippen LogP contribution in [0.25, 0.3) is 11.0 Å². The highest BCUT2D eigenvalue weighted by Crippen LogP contribution is 2.20. The summed E-state index contributed by atoms with van der Waals surface area (Å²) in [7, 11) is 0. The molecule has 0 bridgehead atoms. The zero-order valence-electron chi connectivity index (χ0n) is 12.5. The van der Waals surface area contributed by atoms with Crippen LogP contribution in [0.5, 0.6) is 0 Å². The number of carbonyl (C=O) groups excluding carboxylic acids is 3. The standard InChI is InChI=1S/C16H13N3O5/c20-13-6-17-16(23)19(13)10-7-18(8-10)14(21)11-5-9-3-1-2-4-12(9)24-15(11)22/h1-5,10H,6-8H2,(H,17,23). The highest BCUT2D eigenvalue weighted by molar-refractivity contribution is 6.03. The van der Waals surface area contributed by atoms with Crippen molar-refractivity contribution >= 4 is 28.8 Å². The zero-order valence-corrected chi connectivity index (χ0v) is 12.5. The van der Waals surface area contributed by atoms with Gasteiger partial charge in [-0.3, -0.25) is 14.5 Å². The van der Waals surface area contributed by atoms with Gasteiger partial charge in [0, 0.05) is 18.5 Å². The lowest BCUT2D eigenvalue weighted by Crippen LogP contribution is -2.62. The fourth-order valence-corrected chi connectivity index (χ4v) is 2.97. The normalized spacial score (nSPS) is 18.0. The van der Waals surface area contributed by atoms with Crippen LogP contribution in [-0.2, 0) is 4.79 Å². The molecule has 0 unspecified atom stereocenters. The van der Waals surface area contributed by atoms with Gasteiger partial charge in [-0.25, -0.2) is 9.59 Å². The van der Waals surface area contributed by atoms with E-state index in [1.807, 2.05) is 0 Å². The van der Waals surface area contributed by atoms with Crippen LogP contribution in [0.1, 0.15) is 10.4 Å². The summed E-state index contributed by atoms with van der Waals surface area (Å²) in [5.74, 6) is -0.764. The zero-order chi connectivity index (χ0) is 16.8. The molecule has 24 heavy (non-hydrogen) atoms. The molecule has 1 aromatic heterocycles. The third-order valence-electron chi connectivity index (χ3n) is 4.26. The number of carbonyl (C=O) groups is 3. The van der Waals surface area contributed by atoms with Gasteiger partial charge in [-0.2, -0.15) is 0 Å². The molecule has 0 aliphatic carbocycles. The van der Waals surface area contributed by atoms with Gasteiger partial charge in [0.05, 0.1) is 12.6 Å². The highest BCUT2D eigenvalue weighted by Gasteiger charge is 2.43. The smallest absolute Gasteiger partial charge is 0.349 e. The van der Waals surface area contributed by atoms with Crippen LogP contribution in [0.4, 0.5) is 4.79 Å². The lowest BCUT2D eigenvalue weighted by atomic mass is 10.1. The molecule has 8 nitrogen and oxygen atoms in total. The van der Waals surface area contributed by atoms with Gasteiger partial charge in [0.1, 0.15) is 11.1 Å². The molecule has 1 aromatic carbocycles. The number of hydrogen-bond donors (Lipinski definition) is 1. The minimum atomic E-state index is -0.697. The average Bonchev–Trinajstić information content (AvgIpc) is 2.85. The van der Waals surface area contributed by atoms with Crippen molar-refractivity contribution < 1.29 is 18.8 Å². The minimum Gasteiger partial charge on any atom is -0.422 e. The summed E-state index contributed by atoms with van der Waals surface area (Å²) < 4.78 is 5.16. The number of nitrogens with one attached hydrogen (secondary N) is 1. The number of amides is 4. The number of para-hydroxylation sites is 1. The van der Waals surface area contributed by atoms with E-state index in [1.165, 1.54) is 11.0 Å². The van der Waals surface area contributed by atoms with Crippen molar-refractivity contribution in [1.82, 2.24) is 15.1 Å². The van der Waals surface area contributed by atoms with Gasteiger partial charge in [-0.05, 0) is 12.1 Å². The number of likely N-dealkylation sites (tertiary alicyclic amines) is 1. The lowest BCUT2D eigenvalue weighted by Gasteiger charge is -2.42. The number of hydrogen-bond acceptors (Lipinski definition) is 5. The van der Waals surface area contributed by atoms with Gasteiger partial charge in [0.15, 0.2) is 0 Å². The van der Waals surface area contributed by atoms with Gasteiger partial charge < -0.3 is 14.6 Å². The number of fused-ring (bicyclic) bond motifs is 1. The summed E-state index contributed by atoms with van der Waals surface area (Å²) in [5.41, 5.74) is -0.332. The van der Waals surface area contributed by atoms with Gasteiger partial charge in [0.2, 0.25) is 5.91 Å². The lowest BCUT2D eigenvalue weighted by molar-refractivity contribution is -0.128. The summed E-state index contributed by atoms with van der Waals surface area (Å²) in [6, 6.07) is 7.64. The molecule has 2 aliphatic rings. The summed E-state index contributed by atoms with van der Waals surface area (Å²) in [6.45, 7) is 0.409. The Morgan fingerprint density at radius 2 is 1.92 bits per heavy atom. The Hall–Kier alpha value is -3.16. The van der Waals surface area contributed by atoms with E-state index in [1.54, 1.807) is 24.3 Å². The van der Waals surface area contributed by atoms with E-state index in [0.29, 0.717) is 11.0 Å². The molecule has 4 rings (SSSR count). The number of urea groups is 1. The van der Waals surface area contributed by atoms with Crippen molar-refractivity contribution in [3.05, 3.63) is 46.3 Å². The van der Waals surface area contributed by atoms with Crippen molar-refractivity contribution in [3.8, 4) is 0 Å². The molecule has 3 heterocycles. The predicted octanol–water partition coefficient (Wildman–Crippen LogP) is 0.169. The number of imide groups is 1. The van der Waals surface area contributed by atoms with Crippen LogP contribution in [-0.4, -0.2) is 53.3 Å². The monoisotopic (exact) mass is 327 g/mol. The van der Waals surface area contributed by atoms with Gasteiger partial charge in [-0.1, -0.05) is 18.2 Å². The Balaban J connectivity index is 1.54. The largest absolute Gasteiger partial charge is 0.422 e. The molecule has 1 N–H and O–H groups in total. The Labute approximate surface area is 135 Å². The summed E-state index contributed by atoms with van der Waals surface area (Å²) in [5, 5.41) is 3.10. The van der Waals surface area contributed by atoms with Crippen LogP contribution < -0.4 is 10.9 Å². The maximum absolute atomic E-state index is 12.5. The van der Waals surface area contributed by atoms with Crippen molar-refractivity contribution in [2.45, 2.75) is 6.04 Å². The SMILES string of the molecule is O=C(c1cc2ccccc2oc1=O)N1CC(N2C(=O)CNC2=O)C1. The fraction of sp³-hybridized carbons (Fsp3) is 0.250. The van der Waals surface area contributed by atoms with Crippen LogP contribution in [0, 0.1) is 0 Å². The van der Waals surface area contributed by atoms with Gasteiger partial charge in [0.25, 0.3) is 5.91 Å². The summed E-state index contributed by atoms with van der Waals surface area (Å²) >= 11 is 0. The molecule has 4 amide bonds. The topological polar surface area (TPSA) is 99.9 Å². The Morgan fingerprint density at radius 3 is 2.62 bits per heavy atom. The van der Waals surface area contributed by atoms with E-state index in [-0.39, 0.29) is 37.1 Å². The molecule has 0 radical (unpaired) electrons. The summed E-state index contributed by atoms with van der Waals surface area (Å²) in [4.78, 5) is 50.3. The van der Waals surface area contributed by atoms with Crippen molar-refractivity contribution in [2.75, 3.05) is 19.6 Å². The van der Waals surface area contributed by atoms with Crippen molar-refractivity contribution in [1.29, 1.82) is 0 Å². The molecule has 2 aliphatic heterocycles. The molecule has 0 saturated carbocycles. The van der Waals surface area contributed by atoms with Crippen LogP contribution in [0.2, 0.25) is 0 Å². The van der Waals surface area contributed by atoms with Crippen molar-refractivity contribution in [2.24, 2.45) is 0 Å². The van der Waals surface area contributed by atoms with E-state index in [4.69, 9.17) is 4.42 Å². The Kier molecular flexibility index (Phi) is 3.12. The van der Waals surface area contributed by atoms with Crippen LogP contribution >= 0.6 is 0 Å². The van der Waals surface area contributed by atoms with Crippen molar-refractivity contribution in [3.63, 3.8) is 0 Å². The molecule has 122 valence electrons. The number of nitrogens with zero attached hydrogens (tertiary/aromatic N) is 2. The molecule has 0 spiro atoms. The maximum atomic E-state index is 12.5. The second-order valence-corrected chi connectivity index (χ2v) is 5.77. The van der Waals surface area contributed by atoms with E-state index < -0.39 is 17.6 Å². The molecular weight excluding hydrogens is 314 g/mol. The molecule has 0 atom stereocenters. The van der Waals surface area contributed by atoms with E-state index in [0.717, 1.165) is 4.90 Å². The Morgan fingerprint density at radius 1 is 1.17 bits per heavy atom. The first-order valence-corrected chi connectivity index (χ1v) is 7.46. The number of benzene rings is 1. The van der Waals surface area contributed by atoms with Gasteiger partial charge >= 0.3 is 11.7 Å². The summed E-state index contributed by atoms with van der Waals surface area (Å²) in [6.07, 6.45) is 0. The average molecular weight is 327 g/mol. The predicted molar refractivity (Wildman–Crippen MR) is 82.4 cm³/mol. The van der Waals surface area contributed by atoms with Crippen LogP contribution in [0.3, 0.4) is 0 Å². The van der Waals surface area contributed by atoms with Gasteiger partial charge in [-0.15, -0.1) is 0 Å². The first kappa shape index (κ1) is 14.4. The first-order chi connectivity index (χ1) is 11.5. The second-order valence-electron chi connectivity index (χ2n) is 5.77. The Bertz CT molecular complexity index is 913. The quantitative estimate of drug-likeness (QED) is 0.626. The first-order valence-electron chi connectivity index (χ1n) is 7.46. The fourth-order valence-electron chi connectivity index (χ4n) is 2.97. The second kappa shape index (κ2) is 5.19. The highest BCUT2D eigenvalue weighted by atomic mass is 16.4. The third-order valence-corrected chi connectivity index (χ3v) is 4.26. The molecule has 2 aromatic rings. The van der Waals surface area contributed by atoms with E-state index in [9.17, 15) is 19.2 Å². The van der Waals surface area contributed by atoms with E-state index >= 15 is 0 Å². The molecule has 2 saturated heterocycles.